The van der Waals surface area contributed by atoms with Crippen molar-refractivity contribution in [2.45, 2.75) is 38.4 Å². The topological polar surface area (TPSA) is 51.3 Å². The van der Waals surface area contributed by atoms with Crippen LogP contribution in [0.3, 0.4) is 0 Å². The highest BCUT2D eigenvalue weighted by atomic mass is 35.5. The minimum absolute atomic E-state index is 0.000425. The van der Waals surface area contributed by atoms with Crippen molar-refractivity contribution < 1.29 is 17.6 Å². The quantitative estimate of drug-likeness (QED) is 0.614. The maximum absolute atomic E-state index is 13.5. The van der Waals surface area contributed by atoms with E-state index in [0.29, 0.717) is 5.76 Å². The first-order valence-electron chi connectivity index (χ1n) is 9.13. The number of aromatic nitrogens is 2. The number of alkyl halides is 3. The van der Waals surface area contributed by atoms with Crippen molar-refractivity contribution in [2.75, 3.05) is 20.1 Å². The van der Waals surface area contributed by atoms with Gasteiger partial charge < -0.3 is 13.9 Å². The van der Waals surface area contributed by atoms with Crippen molar-refractivity contribution in [3.8, 4) is 0 Å². The first-order chi connectivity index (χ1) is 13.2. The molecule has 5 nitrogen and oxygen atoms in total. The highest BCUT2D eigenvalue weighted by molar-refractivity contribution is 6.36. The summed E-state index contributed by atoms with van der Waals surface area (Å²) in [6.45, 7) is 3.34. The molecule has 9 heteroatoms. The molecule has 0 N–H and O–H groups in total. The van der Waals surface area contributed by atoms with Gasteiger partial charge in [0.15, 0.2) is 11.0 Å². The molecule has 0 unspecified atom stereocenters. The molecule has 2 aromatic heterocycles. The lowest BCUT2D eigenvalue weighted by atomic mass is 9.94. The Labute approximate surface area is 163 Å². The standard InChI is InChI=1S/C19H19ClF3N3O2/c1-3-26-16-15(24-18(26)19(21,22)23)12(20)8-11-13(27)9-14(28-17(11)16)10-4-6-25(2)7-5-10/h8-10H,3-7H2,1-2H3. The average Bonchev–Trinajstić information content (AvgIpc) is 3.04. The number of rotatable bonds is 2. The van der Waals surface area contributed by atoms with Gasteiger partial charge in [0.05, 0.1) is 10.4 Å². The molecule has 1 fully saturated rings. The summed E-state index contributed by atoms with van der Waals surface area (Å²) < 4.78 is 47.5. The van der Waals surface area contributed by atoms with E-state index < -0.39 is 12.0 Å². The Bertz CT molecular complexity index is 1110. The van der Waals surface area contributed by atoms with Crippen molar-refractivity contribution in [2.24, 2.45) is 0 Å². The smallest absolute Gasteiger partial charge is 0.449 e. The SMILES string of the molecule is CCn1c(C(F)(F)F)nc2c(Cl)cc3c(=O)cc(C4CCN(C)CC4)oc3c21. The molecular weight excluding hydrogens is 395 g/mol. The highest BCUT2D eigenvalue weighted by Crippen LogP contribution is 2.38. The van der Waals surface area contributed by atoms with Crippen molar-refractivity contribution in [1.82, 2.24) is 14.5 Å². The van der Waals surface area contributed by atoms with Gasteiger partial charge in [0, 0.05) is 18.5 Å². The van der Waals surface area contributed by atoms with Crippen LogP contribution in [0.4, 0.5) is 13.2 Å². The van der Waals surface area contributed by atoms with E-state index >= 15 is 0 Å². The Kier molecular flexibility index (Phi) is 4.66. The molecule has 0 saturated carbocycles. The number of benzene rings is 1. The highest BCUT2D eigenvalue weighted by Gasteiger charge is 2.38. The maximum Gasteiger partial charge on any atom is 0.449 e. The predicted molar refractivity (Wildman–Crippen MR) is 101 cm³/mol. The van der Waals surface area contributed by atoms with Gasteiger partial charge in [-0.3, -0.25) is 4.79 Å². The molecule has 1 aliphatic heterocycles. The van der Waals surface area contributed by atoms with Gasteiger partial charge in [0.25, 0.3) is 0 Å². The van der Waals surface area contributed by atoms with Crippen molar-refractivity contribution in [1.29, 1.82) is 0 Å². The Balaban J connectivity index is 2.02. The van der Waals surface area contributed by atoms with Gasteiger partial charge in [-0.05, 0) is 46.0 Å². The van der Waals surface area contributed by atoms with E-state index in [1.807, 2.05) is 7.05 Å². The first-order valence-corrected chi connectivity index (χ1v) is 9.50. The fourth-order valence-electron chi connectivity index (χ4n) is 3.90. The maximum atomic E-state index is 13.5. The summed E-state index contributed by atoms with van der Waals surface area (Å²) in [5, 5.41) is 0.164. The summed E-state index contributed by atoms with van der Waals surface area (Å²) in [5.74, 6) is -0.488. The van der Waals surface area contributed by atoms with Crippen LogP contribution in [0.2, 0.25) is 5.02 Å². The zero-order chi connectivity index (χ0) is 20.2. The van der Waals surface area contributed by atoms with E-state index in [4.69, 9.17) is 16.0 Å². The van der Waals surface area contributed by atoms with Crippen LogP contribution in [0.5, 0.6) is 0 Å². The van der Waals surface area contributed by atoms with E-state index in [0.717, 1.165) is 30.5 Å². The number of aryl methyl sites for hydroxylation is 1. The minimum Gasteiger partial charge on any atom is -0.458 e. The molecule has 4 rings (SSSR count). The number of hydrogen-bond acceptors (Lipinski definition) is 4. The van der Waals surface area contributed by atoms with E-state index in [1.54, 1.807) is 6.92 Å². The van der Waals surface area contributed by atoms with Crippen LogP contribution in [-0.4, -0.2) is 34.6 Å². The van der Waals surface area contributed by atoms with Crippen LogP contribution < -0.4 is 5.43 Å². The van der Waals surface area contributed by atoms with Crippen molar-refractivity contribution >= 4 is 33.6 Å². The molecule has 0 radical (unpaired) electrons. The number of imidazole rings is 1. The third-order valence-electron chi connectivity index (χ3n) is 5.37. The number of hydrogen-bond donors (Lipinski definition) is 0. The number of fused-ring (bicyclic) bond motifs is 3. The van der Waals surface area contributed by atoms with E-state index in [9.17, 15) is 18.0 Å². The van der Waals surface area contributed by atoms with Crippen LogP contribution >= 0.6 is 11.6 Å². The molecule has 0 atom stereocenters. The normalized spacial score (nSPS) is 17.1. The van der Waals surface area contributed by atoms with Gasteiger partial charge in [0.1, 0.15) is 16.8 Å². The van der Waals surface area contributed by atoms with E-state index in [-0.39, 0.29) is 44.9 Å². The molecule has 0 bridgehead atoms. The lowest BCUT2D eigenvalue weighted by Crippen LogP contribution is -2.29. The second-order valence-corrected chi connectivity index (χ2v) is 7.61. The van der Waals surface area contributed by atoms with Crippen LogP contribution in [0, 0.1) is 0 Å². The third-order valence-corrected chi connectivity index (χ3v) is 5.66. The zero-order valence-electron chi connectivity index (χ0n) is 15.4. The van der Waals surface area contributed by atoms with E-state index in [2.05, 4.69) is 9.88 Å². The summed E-state index contributed by atoms with van der Waals surface area (Å²) in [6.07, 6.45) is -3.00. The molecule has 0 amide bonds. The van der Waals surface area contributed by atoms with Gasteiger partial charge in [0.2, 0.25) is 5.82 Å². The molecular formula is C19H19ClF3N3O2. The summed E-state index contributed by atoms with van der Waals surface area (Å²) in [4.78, 5) is 18.6. The average molecular weight is 414 g/mol. The van der Waals surface area contributed by atoms with Crippen LogP contribution in [0.25, 0.3) is 22.0 Å². The molecule has 0 spiro atoms. The summed E-state index contributed by atoms with van der Waals surface area (Å²) in [6, 6.07) is 2.79. The molecule has 0 aliphatic carbocycles. The molecule has 1 saturated heterocycles. The summed E-state index contributed by atoms with van der Waals surface area (Å²) >= 11 is 6.18. The predicted octanol–water partition coefficient (Wildman–Crippen LogP) is 4.64. The molecule has 150 valence electrons. The largest absolute Gasteiger partial charge is 0.458 e. The van der Waals surface area contributed by atoms with Gasteiger partial charge in [-0.1, -0.05) is 11.6 Å². The third kappa shape index (κ3) is 3.08. The van der Waals surface area contributed by atoms with Crippen molar-refractivity contribution in [3.63, 3.8) is 0 Å². The van der Waals surface area contributed by atoms with Crippen LogP contribution in [0.15, 0.2) is 21.3 Å². The Hall–Kier alpha value is -2.06. The fourth-order valence-corrected chi connectivity index (χ4v) is 4.14. The monoisotopic (exact) mass is 413 g/mol. The first kappa shape index (κ1) is 19.3. The second-order valence-electron chi connectivity index (χ2n) is 7.20. The molecule has 3 heterocycles. The van der Waals surface area contributed by atoms with Gasteiger partial charge in [-0.2, -0.15) is 13.2 Å². The lowest BCUT2D eigenvalue weighted by Gasteiger charge is -2.28. The fraction of sp³-hybridized carbons (Fsp3) is 0.474. The van der Waals surface area contributed by atoms with Crippen LogP contribution in [-0.2, 0) is 12.7 Å². The lowest BCUT2D eigenvalue weighted by molar-refractivity contribution is -0.146. The number of nitrogens with zero attached hydrogens (tertiary/aromatic N) is 3. The summed E-state index contributed by atoms with van der Waals surface area (Å²) in [7, 11) is 2.02. The summed E-state index contributed by atoms with van der Waals surface area (Å²) in [5.41, 5.74) is -0.0849. The van der Waals surface area contributed by atoms with Crippen LogP contribution in [0.1, 0.15) is 37.3 Å². The second kappa shape index (κ2) is 6.77. The molecule has 1 aliphatic rings. The Morgan fingerprint density at radius 3 is 2.57 bits per heavy atom. The Morgan fingerprint density at radius 2 is 1.96 bits per heavy atom. The molecule has 3 aromatic rings. The minimum atomic E-state index is -4.64. The molecule has 1 aromatic carbocycles. The number of halogens is 4. The van der Waals surface area contributed by atoms with E-state index in [1.165, 1.54) is 12.1 Å². The van der Waals surface area contributed by atoms with Gasteiger partial charge >= 0.3 is 6.18 Å². The number of piperidine rings is 1. The zero-order valence-corrected chi connectivity index (χ0v) is 16.2. The van der Waals surface area contributed by atoms with Crippen molar-refractivity contribution in [3.05, 3.63) is 39.0 Å². The van der Waals surface area contributed by atoms with Gasteiger partial charge in [-0.25, -0.2) is 4.98 Å². The Morgan fingerprint density at radius 1 is 1.29 bits per heavy atom. The number of likely N-dealkylation sites (tertiary alicyclic amines) is 1. The molecule has 28 heavy (non-hydrogen) atoms. The van der Waals surface area contributed by atoms with Gasteiger partial charge in [-0.15, -0.1) is 0 Å².